The molecule has 1 aliphatic carbocycles. The van der Waals surface area contributed by atoms with E-state index in [1.54, 1.807) is 34.9 Å². The monoisotopic (exact) mass is 488 g/mol. The van der Waals surface area contributed by atoms with Gasteiger partial charge in [-0.1, -0.05) is 59.3 Å². The highest BCUT2D eigenvalue weighted by Gasteiger charge is 2.32. The first-order valence-electron chi connectivity index (χ1n) is 10.9. The first kappa shape index (κ1) is 21.1. The molecule has 2 aliphatic rings. The first-order valence-corrected chi connectivity index (χ1v) is 12.1. The molecule has 1 atom stereocenters. The molecule has 1 aromatic heterocycles. The Hall–Kier alpha value is -3.48. The number of phenols is 1. The third-order valence-corrected chi connectivity index (χ3v) is 7.55. The average Bonchev–Trinajstić information content (AvgIpc) is 3.15. The zero-order valence-corrected chi connectivity index (χ0v) is 19.4. The molecule has 0 radical (unpaired) electrons. The summed E-state index contributed by atoms with van der Waals surface area (Å²) < 4.78 is 15.9. The van der Waals surface area contributed by atoms with Crippen molar-refractivity contribution in [2.75, 3.05) is 0 Å². The van der Waals surface area contributed by atoms with Gasteiger partial charge in [-0.05, 0) is 65.9 Å². The summed E-state index contributed by atoms with van der Waals surface area (Å²) in [5, 5.41) is 10.7. The van der Waals surface area contributed by atoms with Gasteiger partial charge in [-0.15, -0.1) is 0 Å². The molecule has 0 amide bonds. The molecule has 0 unspecified atom stereocenters. The molecular formula is C27H18ClFN2O2S. The van der Waals surface area contributed by atoms with Crippen molar-refractivity contribution in [2.45, 2.75) is 18.9 Å². The summed E-state index contributed by atoms with van der Waals surface area (Å²) in [6, 6.07) is 18.8. The van der Waals surface area contributed by atoms with E-state index in [1.807, 2.05) is 12.1 Å². The normalized spacial score (nSPS) is 17.1. The Balaban J connectivity index is 1.64. The minimum Gasteiger partial charge on any atom is -0.507 e. The summed E-state index contributed by atoms with van der Waals surface area (Å²) in [5.74, 6) is -0.283. The summed E-state index contributed by atoms with van der Waals surface area (Å²) in [7, 11) is 0. The van der Waals surface area contributed by atoms with E-state index in [1.165, 1.54) is 35.1 Å². The standard InChI is InChI=1S/C27H18ClFN2O2S/c28-18-8-12-22(32)17(13-18)14-23-26(33)31-25(16-5-9-19(29)10-6-16)21-11-7-15-3-1-2-4-20(15)24(21)30-27(31)34-23/h1-6,8-10,12-14,25,32H,7,11H2/b23-14+/t25-/m0/s1. The molecule has 34 heavy (non-hydrogen) atoms. The van der Waals surface area contributed by atoms with E-state index in [2.05, 4.69) is 12.1 Å². The maximum atomic E-state index is 13.7. The van der Waals surface area contributed by atoms with E-state index in [9.17, 15) is 14.3 Å². The van der Waals surface area contributed by atoms with Crippen molar-refractivity contribution in [3.05, 3.63) is 125 Å². The molecule has 6 rings (SSSR count). The van der Waals surface area contributed by atoms with Gasteiger partial charge in [0.1, 0.15) is 11.6 Å². The molecule has 3 aromatic carbocycles. The van der Waals surface area contributed by atoms with Gasteiger partial charge in [0.05, 0.1) is 16.3 Å². The molecule has 4 aromatic rings. The Kier molecular flexibility index (Phi) is 5.01. The fourth-order valence-electron chi connectivity index (χ4n) is 4.75. The van der Waals surface area contributed by atoms with Crippen LogP contribution < -0.4 is 14.9 Å². The molecule has 1 N–H and O–H groups in total. The number of hydrogen-bond donors (Lipinski definition) is 1. The lowest BCUT2D eigenvalue weighted by atomic mass is 9.83. The third kappa shape index (κ3) is 3.42. The van der Waals surface area contributed by atoms with Gasteiger partial charge < -0.3 is 5.11 Å². The van der Waals surface area contributed by atoms with Crippen molar-refractivity contribution < 1.29 is 9.50 Å². The zero-order chi connectivity index (χ0) is 23.4. The lowest BCUT2D eigenvalue weighted by Crippen LogP contribution is -2.38. The number of halogens is 2. The van der Waals surface area contributed by atoms with Crippen LogP contribution in [0, 0.1) is 5.82 Å². The lowest BCUT2D eigenvalue weighted by molar-refractivity contribution is 0.474. The van der Waals surface area contributed by atoms with E-state index in [-0.39, 0.29) is 23.2 Å². The summed E-state index contributed by atoms with van der Waals surface area (Å²) in [4.78, 5) is 19.2. The molecule has 0 spiro atoms. The number of aryl methyl sites for hydroxylation is 1. The van der Waals surface area contributed by atoms with Gasteiger partial charge in [0, 0.05) is 16.1 Å². The number of benzene rings is 3. The van der Waals surface area contributed by atoms with Crippen LogP contribution in [0.2, 0.25) is 5.02 Å². The number of allylic oxidation sites excluding steroid dienone is 1. The van der Waals surface area contributed by atoms with Crippen LogP contribution in [0.3, 0.4) is 0 Å². The van der Waals surface area contributed by atoms with Gasteiger partial charge in [-0.25, -0.2) is 9.38 Å². The second kappa shape index (κ2) is 8.08. The van der Waals surface area contributed by atoms with Crippen molar-refractivity contribution in [1.82, 2.24) is 4.57 Å². The van der Waals surface area contributed by atoms with Crippen LogP contribution in [0.1, 0.15) is 34.7 Å². The van der Waals surface area contributed by atoms with Gasteiger partial charge in [-0.2, -0.15) is 0 Å². The molecule has 4 nitrogen and oxygen atoms in total. The lowest BCUT2D eigenvalue weighted by Gasteiger charge is -2.30. The molecule has 2 heterocycles. The summed E-state index contributed by atoms with van der Waals surface area (Å²) in [6.07, 6.45) is 3.25. The fourth-order valence-corrected chi connectivity index (χ4v) is 5.92. The number of rotatable bonds is 2. The summed E-state index contributed by atoms with van der Waals surface area (Å²) in [6.45, 7) is 0. The zero-order valence-electron chi connectivity index (χ0n) is 17.8. The van der Waals surface area contributed by atoms with Crippen LogP contribution in [0.4, 0.5) is 4.39 Å². The predicted molar refractivity (Wildman–Crippen MR) is 132 cm³/mol. The highest BCUT2D eigenvalue weighted by Crippen LogP contribution is 2.41. The summed E-state index contributed by atoms with van der Waals surface area (Å²) >= 11 is 7.37. The Morgan fingerprint density at radius 2 is 1.88 bits per heavy atom. The molecule has 7 heteroatoms. The molecule has 168 valence electrons. The quantitative estimate of drug-likeness (QED) is 0.440. The Bertz CT molecular complexity index is 1670. The van der Waals surface area contributed by atoms with Gasteiger partial charge in [0.2, 0.25) is 0 Å². The second-order valence-corrected chi connectivity index (χ2v) is 9.81. The Morgan fingerprint density at radius 3 is 2.71 bits per heavy atom. The highest BCUT2D eigenvalue weighted by atomic mass is 35.5. The van der Waals surface area contributed by atoms with E-state index < -0.39 is 0 Å². The molecule has 0 saturated carbocycles. The third-order valence-electron chi connectivity index (χ3n) is 6.33. The molecule has 0 fully saturated rings. The van der Waals surface area contributed by atoms with Crippen LogP contribution >= 0.6 is 22.9 Å². The van der Waals surface area contributed by atoms with Crippen molar-refractivity contribution >= 4 is 34.7 Å². The van der Waals surface area contributed by atoms with Crippen molar-refractivity contribution in [2.24, 2.45) is 4.99 Å². The van der Waals surface area contributed by atoms with E-state index in [4.69, 9.17) is 16.6 Å². The predicted octanol–water partition coefficient (Wildman–Crippen LogP) is 4.82. The van der Waals surface area contributed by atoms with Crippen LogP contribution in [-0.2, 0) is 6.42 Å². The van der Waals surface area contributed by atoms with Gasteiger partial charge >= 0.3 is 0 Å². The minimum absolute atomic E-state index is 0.0403. The maximum absolute atomic E-state index is 13.7. The van der Waals surface area contributed by atoms with E-state index in [0.717, 1.165) is 35.2 Å². The number of hydrogen-bond acceptors (Lipinski definition) is 4. The van der Waals surface area contributed by atoms with Gasteiger partial charge in [-0.3, -0.25) is 9.36 Å². The van der Waals surface area contributed by atoms with E-state index >= 15 is 0 Å². The smallest absolute Gasteiger partial charge is 0.271 e. The van der Waals surface area contributed by atoms with Crippen LogP contribution in [0.5, 0.6) is 5.75 Å². The van der Waals surface area contributed by atoms with Crippen molar-refractivity contribution in [3.8, 4) is 5.75 Å². The number of fused-ring (bicyclic) bond motifs is 3. The minimum atomic E-state index is -0.379. The van der Waals surface area contributed by atoms with E-state index in [0.29, 0.717) is 19.9 Å². The van der Waals surface area contributed by atoms with Crippen LogP contribution in [0.15, 0.2) is 82.1 Å². The summed E-state index contributed by atoms with van der Waals surface area (Å²) in [5.41, 5.74) is 5.32. The molecule has 0 bridgehead atoms. The molecule has 1 aliphatic heterocycles. The molecular weight excluding hydrogens is 471 g/mol. The average molecular weight is 489 g/mol. The largest absolute Gasteiger partial charge is 0.507 e. The first-order chi connectivity index (χ1) is 16.5. The molecule has 0 saturated heterocycles. The van der Waals surface area contributed by atoms with Crippen LogP contribution in [-0.4, -0.2) is 9.67 Å². The van der Waals surface area contributed by atoms with Gasteiger partial charge in [0.15, 0.2) is 4.80 Å². The van der Waals surface area contributed by atoms with Crippen LogP contribution in [0.25, 0.3) is 11.8 Å². The SMILES string of the molecule is O=c1/c(=C\c2cc(Cl)ccc2O)sc2n1[C@@H](c1ccc(F)cc1)C1=C(N=2)c2ccccc2CC1. The number of aromatic nitrogens is 1. The fraction of sp³-hybridized carbons (Fsp3) is 0.111. The number of aromatic hydroxyl groups is 1. The number of thiazole rings is 1. The van der Waals surface area contributed by atoms with Gasteiger partial charge in [0.25, 0.3) is 5.56 Å². The highest BCUT2D eigenvalue weighted by molar-refractivity contribution is 7.07. The Labute approximate surface area is 203 Å². The number of phenolic OH excluding ortho intramolecular Hbond substituents is 1. The van der Waals surface area contributed by atoms with Crippen molar-refractivity contribution in [3.63, 3.8) is 0 Å². The maximum Gasteiger partial charge on any atom is 0.271 e. The topological polar surface area (TPSA) is 54.6 Å². The van der Waals surface area contributed by atoms with Crippen molar-refractivity contribution in [1.29, 1.82) is 0 Å². The number of nitrogens with zero attached hydrogens (tertiary/aromatic N) is 2. The Morgan fingerprint density at radius 1 is 1.09 bits per heavy atom. The second-order valence-electron chi connectivity index (χ2n) is 8.37.